The summed E-state index contributed by atoms with van der Waals surface area (Å²) >= 11 is 0. The van der Waals surface area contributed by atoms with E-state index in [9.17, 15) is 13.2 Å². The van der Waals surface area contributed by atoms with Gasteiger partial charge in [0.1, 0.15) is 11.5 Å². The van der Waals surface area contributed by atoms with Crippen molar-refractivity contribution < 1.29 is 22.6 Å². The fraction of sp³-hybridized carbons (Fsp3) is 0.217. The van der Waals surface area contributed by atoms with Crippen LogP contribution >= 0.6 is 0 Å². The van der Waals surface area contributed by atoms with Crippen molar-refractivity contribution >= 4 is 5.69 Å². The first-order valence-electron chi connectivity index (χ1n) is 9.05. The third-order valence-electron chi connectivity index (χ3n) is 4.38. The number of halogens is 3. The summed E-state index contributed by atoms with van der Waals surface area (Å²) < 4.78 is 46.8. The van der Waals surface area contributed by atoms with Gasteiger partial charge < -0.3 is 15.2 Å². The minimum atomic E-state index is -4.72. The Morgan fingerprint density at radius 1 is 0.724 bits per heavy atom. The van der Waals surface area contributed by atoms with Crippen molar-refractivity contribution in [2.24, 2.45) is 0 Å². The van der Waals surface area contributed by atoms with E-state index in [-0.39, 0.29) is 11.2 Å². The smallest absolute Gasteiger partial charge is 0.455 e. The van der Waals surface area contributed by atoms with Gasteiger partial charge in [0, 0.05) is 0 Å². The van der Waals surface area contributed by atoms with E-state index < -0.39 is 6.36 Å². The minimum Gasteiger partial charge on any atom is -0.455 e. The molecule has 0 fully saturated rings. The van der Waals surface area contributed by atoms with Crippen LogP contribution in [0.2, 0.25) is 0 Å². The van der Waals surface area contributed by atoms with Crippen molar-refractivity contribution in [3.05, 3.63) is 72.3 Å². The van der Waals surface area contributed by atoms with Crippen molar-refractivity contribution in [2.75, 3.05) is 5.73 Å². The fourth-order valence-corrected chi connectivity index (χ4v) is 2.80. The molecule has 152 valence electrons. The van der Waals surface area contributed by atoms with Crippen LogP contribution in [0.5, 0.6) is 17.2 Å². The Kier molecular flexibility index (Phi) is 5.46. The minimum absolute atomic E-state index is 0.0411. The number of hydrogen-bond donors (Lipinski definition) is 1. The first-order chi connectivity index (χ1) is 13.5. The van der Waals surface area contributed by atoms with Crippen LogP contribution < -0.4 is 15.2 Å². The van der Waals surface area contributed by atoms with E-state index >= 15 is 0 Å². The number of ether oxygens (including phenoxy) is 2. The van der Waals surface area contributed by atoms with Crippen LogP contribution in [-0.4, -0.2) is 6.36 Å². The lowest BCUT2D eigenvalue weighted by Gasteiger charge is -2.19. The Morgan fingerprint density at radius 2 is 1.28 bits per heavy atom. The van der Waals surface area contributed by atoms with E-state index in [0.29, 0.717) is 22.7 Å². The molecule has 0 radical (unpaired) electrons. The summed E-state index contributed by atoms with van der Waals surface area (Å²) in [5.74, 6) is 0.851. The zero-order valence-electron chi connectivity index (χ0n) is 16.4. The molecule has 6 heteroatoms. The summed E-state index contributed by atoms with van der Waals surface area (Å²) in [6.07, 6.45) is -4.72. The topological polar surface area (TPSA) is 44.5 Å². The number of nitrogens with two attached hydrogens (primary N) is 1. The Bertz CT molecular complexity index is 973. The van der Waals surface area contributed by atoms with Crippen molar-refractivity contribution in [1.29, 1.82) is 0 Å². The monoisotopic (exact) mass is 401 g/mol. The van der Waals surface area contributed by atoms with Crippen LogP contribution in [0.1, 0.15) is 26.3 Å². The molecule has 0 heterocycles. The zero-order chi connectivity index (χ0) is 21.2. The molecule has 0 atom stereocenters. The predicted molar refractivity (Wildman–Crippen MR) is 108 cm³/mol. The maximum absolute atomic E-state index is 12.3. The quantitative estimate of drug-likeness (QED) is 0.482. The average molecular weight is 401 g/mol. The summed E-state index contributed by atoms with van der Waals surface area (Å²) in [6.45, 7) is 6.40. The Balaban J connectivity index is 1.81. The van der Waals surface area contributed by atoms with E-state index in [1.807, 2.05) is 24.3 Å². The zero-order valence-corrected chi connectivity index (χ0v) is 16.4. The summed E-state index contributed by atoms with van der Waals surface area (Å²) in [6, 6.07) is 18.7. The van der Waals surface area contributed by atoms with Gasteiger partial charge in [-0.2, -0.15) is 0 Å². The molecule has 0 aromatic heterocycles. The van der Waals surface area contributed by atoms with Crippen molar-refractivity contribution in [2.45, 2.75) is 32.5 Å². The van der Waals surface area contributed by atoms with Gasteiger partial charge in [-0.25, -0.2) is 0 Å². The van der Waals surface area contributed by atoms with Gasteiger partial charge in [0.05, 0.1) is 5.69 Å². The summed E-state index contributed by atoms with van der Waals surface area (Å²) in [4.78, 5) is 0. The van der Waals surface area contributed by atoms with Gasteiger partial charge in [0.2, 0.25) is 0 Å². The van der Waals surface area contributed by atoms with Crippen molar-refractivity contribution in [3.8, 4) is 28.4 Å². The standard InChI is InChI=1S/C23H22F3NO2/c1-22(2,3)17-7-11-18(12-8-17)28-21-14-16(6-13-20(21)27)15-4-9-19(10-5-15)29-23(24,25)26/h4-14H,27H2,1-3H3. The van der Waals surface area contributed by atoms with Crippen LogP contribution in [0.4, 0.5) is 18.9 Å². The lowest BCUT2D eigenvalue weighted by molar-refractivity contribution is -0.274. The second kappa shape index (κ2) is 7.70. The van der Waals surface area contributed by atoms with Gasteiger partial charge >= 0.3 is 6.36 Å². The highest BCUT2D eigenvalue weighted by Crippen LogP contribution is 2.34. The van der Waals surface area contributed by atoms with Gasteiger partial charge in [0.15, 0.2) is 5.75 Å². The highest BCUT2D eigenvalue weighted by molar-refractivity contribution is 5.70. The van der Waals surface area contributed by atoms with Crippen LogP contribution in [0.3, 0.4) is 0 Å². The first-order valence-corrected chi connectivity index (χ1v) is 9.05. The lowest BCUT2D eigenvalue weighted by atomic mass is 9.87. The number of benzene rings is 3. The predicted octanol–water partition coefficient (Wildman–Crippen LogP) is 6.92. The van der Waals surface area contributed by atoms with Crippen molar-refractivity contribution in [1.82, 2.24) is 0 Å². The molecule has 0 saturated heterocycles. The van der Waals surface area contributed by atoms with Crippen molar-refractivity contribution in [3.63, 3.8) is 0 Å². The number of anilines is 1. The third kappa shape index (κ3) is 5.44. The molecule has 0 amide bonds. The summed E-state index contributed by atoms with van der Waals surface area (Å²) in [5.41, 5.74) is 9.21. The van der Waals surface area contributed by atoms with Gasteiger partial charge in [-0.05, 0) is 58.5 Å². The second-order valence-electron chi connectivity index (χ2n) is 7.70. The maximum Gasteiger partial charge on any atom is 0.573 e. The maximum atomic E-state index is 12.3. The van der Waals surface area contributed by atoms with Gasteiger partial charge in [-0.15, -0.1) is 13.2 Å². The van der Waals surface area contributed by atoms with E-state index in [0.717, 1.165) is 5.56 Å². The van der Waals surface area contributed by atoms with Gasteiger partial charge in [-0.1, -0.05) is 51.1 Å². The van der Waals surface area contributed by atoms with Gasteiger partial charge in [0.25, 0.3) is 0 Å². The molecule has 0 aliphatic carbocycles. The summed E-state index contributed by atoms with van der Waals surface area (Å²) in [5, 5.41) is 0. The number of alkyl halides is 3. The SMILES string of the molecule is CC(C)(C)c1ccc(Oc2cc(-c3ccc(OC(F)(F)F)cc3)ccc2N)cc1. The molecule has 0 saturated carbocycles. The highest BCUT2D eigenvalue weighted by Gasteiger charge is 2.30. The Labute approximate surface area is 167 Å². The Morgan fingerprint density at radius 3 is 1.83 bits per heavy atom. The van der Waals surface area contributed by atoms with Crippen LogP contribution in [0.25, 0.3) is 11.1 Å². The third-order valence-corrected chi connectivity index (χ3v) is 4.38. The van der Waals surface area contributed by atoms with Crippen LogP contribution in [0, 0.1) is 0 Å². The Hall–Kier alpha value is -3.15. The van der Waals surface area contributed by atoms with E-state index in [4.69, 9.17) is 10.5 Å². The van der Waals surface area contributed by atoms with E-state index in [1.165, 1.54) is 17.7 Å². The lowest BCUT2D eigenvalue weighted by Crippen LogP contribution is -2.16. The number of hydrogen-bond acceptors (Lipinski definition) is 3. The first kappa shape index (κ1) is 20.6. The van der Waals surface area contributed by atoms with Crippen LogP contribution in [-0.2, 0) is 5.41 Å². The fourth-order valence-electron chi connectivity index (χ4n) is 2.80. The molecule has 3 rings (SSSR count). The average Bonchev–Trinajstić information content (AvgIpc) is 2.63. The normalized spacial score (nSPS) is 11.9. The molecule has 3 aromatic rings. The molecule has 29 heavy (non-hydrogen) atoms. The van der Waals surface area contributed by atoms with Crippen LogP contribution in [0.15, 0.2) is 66.7 Å². The molecule has 2 N–H and O–H groups in total. The molecule has 0 spiro atoms. The molecule has 0 aliphatic heterocycles. The number of rotatable bonds is 4. The molecule has 0 aliphatic rings. The molecular formula is C23H22F3NO2. The number of nitrogen functional groups attached to an aromatic ring is 1. The molecule has 3 nitrogen and oxygen atoms in total. The second-order valence-corrected chi connectivity index (χ2v) is 7.70. The van der Waals surface area contributed by atoms with E-state index in [1.54, 1.807) is 30.3 Å². The molecule has 0 unspecified atom stereocenters. The molecular weight excluding hydrogens is 379 g/mol. The molecule has 0 bridgehead atoms. The largest absolute Gasteiger partial charge is 0.573 e. The molecule has 3 aromatic carbocycles. The van der Waals surface area contributed by atoms with E-state index in [2.05, 4.69) is 25.5 Å². The van der Waals surface area contributed by atoms with Gasteiger partial charge in [-0.3, -0.25) is 0 Å². The highest BCUT2D eigenvalue weighted by atomic mass is 19.4. The summed E-state index contributed by atoms with van der Waals surface area (Å²) in [7, 11) is 0.